The van der Waals surface area contributed by atoms with Crippen LogP contribution < -0.4 is 10.6 Å². The van der Waals surface area contributed by atoms with Crippen molar-refractivity contribution in [1.82, 2.24) is 4.90 Å². The number of nitrogens with zero attached hydrogens (tertiary/aromatic N) is 2. The summed E-state index contributed by atoms with van der Waals surface area (Å²) >= 11 is 0. The van der Waals surface area contributed by atoms with Gasteiger partial charge in [0.25, 0.3) is 0 Å². The van der Waals surface area contributed by atoms with E-state index in [0.717, 1.165) is 26.2 Å². The normalized spacial score (nSPS) is 21.8. The fourth-order valence-corrected chi connectivity index (χ4v) is 2.58. The van der Waals surface area contributed by atoms with Crippen LogP contribution in [0.5, 0.6) is 0 Å². The molecule has 0 amide bonds. The van der Waals surface area contributed by atoms with E-state index < -0.39 is 0 Å². The lowest BCUT2D eigenvalue weighted by atomic mass is 10.1. The van der Waals surface area contributed by atoms with Crippen LogP contribution in [-0.2, 0) is 6.54 Å². The topological polar surface area (TPSA) is 32.5 Å². The van der Waals surface area contributed by atoms with E-state index in [1.807, 2.05) is 0 Å². The van der Waals surface area contributed by atoms with Crippen molar-refractivity contribution < 1.29 is 0 Å². The van der Waals surface area contributed by atoms with E-state index in [4.69, 9.17) is 5.73 Å². The molecule has 1 aromatic carbocycles. The highest BCUT2D eigenvalue weighted by Crippen LogP contribution is 2.20. The van der Waals surface area contributed by atoms with E-state index in [1.165, 1.54) is 11.3 Å². The van der Waals surface area contributed by atoms with Gasteiger partial charge in [-0.2, -0.15) is 0 Å². The molecule has 0 radical (unpaired) electrons. The molecule has 1 aromatic rings. The van der Waals surface area contributed by atoms with Crippen molar-refractivity contribution >= 4 is 5.69 Å². The summed E-state index contributed by atoms with van der Waals surface area (Å²) in [5.41, 5.74) is 8.22. The second-order valence-electron chi connectivity index (χ2n) is 4.80. The molecule has 2 N–H and O–H groups in total. The van der Waals surface area contributed by atoms with Crippen molar-refractivity contribution in [3.05, 3.63) is 29.8 Å². The molecule has 1 atom stereocenters. The molecule has 3 nitrogen and oxygen atoms in total. The van der Waals surface area contributed by atoms with E-state index >= 15 is 0 Å². The van der Waals surface area contributed by atoms with Gasteiger partial charge in [0.15, 0.2) is 0 Å². The van der Waals surface area contributed by atoms with Crippen molar-refractivity contribution in [2.45, 2.75) is 26.4 Å². The van der Waals surface area contributed by atoms with Gasteiger partial charge >= 0.3 is 0 Å². The Bertz CT molecular complexity index is 364. The third-order valence-electron chi connectivity index (χ3n) is 3.68. The second-order valence-corrected chi connectivity index (χ2v) is 4.80. The van der Waals surface area contributed by atoms with Gasteiger partial charge in [0.1, 0.15) is 0 Å². The summed E-state index contributed by atoms with van der Waals surface area (Å²) in [6.07, 6.45) is 0. The van der Waals surface area contributed by atoms with Gasteiger partial charge in [-0.1, -0.05) is 19.1 Å². The first-order valence-electron chi connectivity index (χ1n) is 6.52. The highest BCUT2D eigenvalue weighted by molar-refractivity contribution is 5.49. The van der Waals surface area contributed by atoms with Crippen molar-refractivity contribution in [2.24, 2.45) is 5.73 Å². The molecular weight excluding hydrogens is 210 g/mol. The molecule has 1 unspecified atom stereocenters. The lowest BCUT2D eigenvalue weighted by Gasteiger charge is -2.40. The number of piperazine rings is 1. The number of hydrogen-bond donors (Lipinski definition) is 1. The van der Waals surface area contributed by atoms with Gasteiger partial charge in [0.2, 0.25) is 0 Å². The van der Waals surface area contributed by atoms with Gasteiger partial charge < -0.3 is 10.6 Å². The summed E-state index contributed by atoms with van der Waals surface area (Å²) in [4.78, 5) is 5.00. The Labute approximate surface area is 104 Å². The van der Waals surface area contributed by atoms with Crippen LogP contribution in [0.4, 0.5) is 5.69 Å². The van der Waals surface area contributed by atoms with Crippen molar-refractivity contribution in [3.8, 4) is 0 Å². The van der Waals surface area contributed by atoms with Crippen LogP contribution in [0.15, 0.2) is 24.3 Å². The largest absolute Gasteiger partial charge is 0.369 e. The first-order chi connectivity index (χ1) is 8.24. The van der Waals surface area contributed by atoms with Crippen LogP contribution >= 0.6 is 0 Å². The smallest absolute Gasteiger partial charge is 0.0370 e. The highest BCUT2D eigenvalue weighted by atomic mass is 15.3. The van der Waals surface area contributed by atoms with E-state index in [2.05, 4.69) is 47.9 Å². The first-order valence-corrected chi connectivity index (χ1v) is 6.52. The number of benzene rings is 1. The summed E-state index contributed by atoms with van der Waals surface area (Å²) < 4.78 is 0. The molecule has 17 heavy (non-hydrogen) atoms. The van der Waals surface area contributed by atoms with Crippen LogP contribution in [0.2, 0.25) is 0 Å². The maximum Gasteiger partial charge on any atom is 0.0370 e. The van der Waals surface area contributed by atoms with Crippen molar-refractivity contribution in [1.29, 1.82) is 0 Å². The van der Waals surface area contributed by atoms with Crippen LogP contribution in [0.25, 0.3) is 0 Å². The van der Waals surface area contributed by atoms with Crippen LogP contribution in [-0.4, -0.2) is 37.1 Å². The summed E-state index contributed by atoms with van der Waals surface area (Å²) in [6, 6.07) is 9.24. The molecule has 1 heterocycles. The third-order valence-corrected chi connectivity index (χ3v) is 3.68. The molecule has 94 valence electrons. The van der Waals surface area contributed by atoms with Gasteiger partial charge in [-0.3, -0.25) is 4.90 Å². The molecule has 0 spiro atoms. The molecule has 1 saturated heterocycles. The summed E-state index contributed by atoms with van der Waals surface area (Å²) in [5.74, 6) is 0. The monoisotopic (exact) mass is 233 g/mol. The number of hydrogen-bond acceptors (Lipinski definition) is 3. The van der Waals surface area contributed by atoms with Crippen molar-refractivity contribution in [2.75, 3.05) is 31.1 Å². The molecule has 0 aliphatic carbocycles. The lowest BCUT2D eigenvalue weighted by molar-refractivity contribution is 0.199. The zero-order valence-electron chi connectivity index (χ0n) is 10.9. The Hall–Kier alpha value is -1.06. The summed E-state index contributed by atoms with van der Waals surface area (Å²) in [5, 5.41) is 0. The predicted octanol–water partition coefficient (Wildman–Crippen LogP) is 1.68. The maximum absolute atomic E-state index is 5.69. The molecule has 0 saturated carbocycles. The fourth-order valence-electron chi connectivity index (χ4n) is 2.58. The minimum Gasteiger partial charge on any atom is -0.369 e. The van der Waals surface area contributed by atoms with Crippen LogP contribution in [0.1, 0.15) is 19.4 Å². The highest BCUT2D eigenvalue weighted by Gasteiger charge is 2.22. The SMILES string of the molecule is CCN1CCN(c2cccc(CN)c2)CC1C. The summed E-state index contributed by atoms with van der Waals surface area (Å²) in [7, 11) is 0. The van der Waals surface area contributed by atoms with Crippen molar-refractivity contribution in [3.63, 3.8) is 0 Å². The van der Waals surface area contributed by atoms with Gasteiger partial charge in [0, 0.05) is 37.9 Å². The molecular formula is C14H23N3. The molecule has 0 aromatic heterocycles. The van der Waals surface area contributed by atoms with Gasteiger partial charge in [0.05, 0.1) is 0 Å². The van der Waals surface area contributed by atoms with Gasteiger partial charge in [-0.25, -0.2) is 0 Å². The Kier molecular flexibility index (Phi) is 4.02. The predicted molar refractivity (Wildman–Crippen MR) is 73.3 cm³/mol. The Balaban J connectivity index is 2.08. The molecule has 2 rings (SSSR count). The Morgan fingerprint density at radius 2 is 2.18 bits per heavy atom. The minimum atomic E-state index is 0.623. The zero-order valence-corrected chi connectivity index (χ0v) is 10.9. The number of likely N-dealkylation sites (N-methyl/N-ethyl adjacent to an activating group) is 1. The average Bonchev–Trinajstić information content (AvgIpc) is 2.38. The zero-order chi connectivity index (χ0) is 12.3. The minimum absolute atomic E-state index is 0.623. The van der Waals surface area contributed by atoms with Gasteiger partial charge in [-0.05, 0) is 31.2 Å². The fraction of sp³-hybridized carbons (Fsp3) is 0.571. The second kappa shape index (κ2) is 5.52. The lowest BCUT2D eigenvalue weighted by Crippen LogP contribution is -2.51. The van der Waals surface area contributed by atoms with E-state index in [0.29, 0.717) is 12.6 Å². The van der Waals surface area contributed by atoms with E-state index in [-0.39, 0.29) is 0 Å². The number of rotatable bonds is 3. The molecule has 1 aliphatic heterocycles. The standard InChI is InChI=1S/C14H23N3/c1-3-16-7-8-17(11-12(16)2)14-6-4-5-13(9-14)10-15/h4-6,9,12H,3,7-8,10-11,15H2,1-2H3. The molecule has 3 heteroatoms. The first kappa shape index (κ1) is 12.4. The maximum atomic E-state index is 5.69. The van der Waals surface area contributed by atoms with Crippen LogP contribution in [0, 0.1) is 0 Å². The van der Waals surface area contributed by atoms with E-state index in [9.17, 15) is 0 Å². The van der Waals surface area contributed by atoms with Gasteiger partial charge in [-0.15, -0.1) is 0 Å². The number of anilines is 1. The molecule has 0 bridgehead atoms. The Morgan fingerprint density at radius 3 is 2.82 bits per heavy atom. The summed E-state index contributed by atoms with van der Waals surface area (Å²) in [6.45, 7) is 9.71. The Morgan fingerprint density at radius 1 is 1.35 bits per heavy atom. The molecule has 1 aliphatic rings. The third kappa shape index (κ3) is 2.79. The molecule has 1 fully saturated rings. The van der Waals surface area contributed by atoms with Crippen LogP contribution in [0.3, 0.4) is 0 Å². The van der Waals surface area contributed by atoms with E-state index in [1.54, 1.807) is 0 Å². The quantitative estimate of drug-likeness (QED) is 0.862. The average molecular weight is 233 g/mol. The number of nitrogens with two attached hydrogens (primary N) is 1.